The minimum Gasteiger partial charge on any atom is -0.375 e. The van der Waals surface area contributed by atoms with Gasteiger partial charge in [-0.2, -0.15) is 0 Å². The molecule has 0 saturated carbocycles. The van der Waals surface area contributed by atoms with Crippen molar-refractivity contribution in [3.8, 4) is 5.69 Å². The number of rotatable bonds is 4. The van der Waals surface area contributed by atoms with Crippen molar-refractivity contribution in [2.75, 3.05) is 5.32 Å². The van der Waals surface area contributed by atoms with Crippen molar-refractivity contribution in [2.24, 2.45) is 7.05 Å². The third-order valence-corrected chi connectivity index (χ3v) is 3.43. The second-order valence-corrected chi connectivity index (χ2v) is 5.02. The Morgan fingerprint density at radius 2 is 2.14 bits per heavy atom. The highest BCUT2D eigenvalue weighted by atomic mass is 15.5. The van der Waals surface area contributed by atoms with E-state index < -0.39 is 0 Å². The first-order valence-corrected chi connectivity index (χ1v) is 6.73. The lowest BCUT2D eigenvalue weighted by atomic mass is 10.1. The molecule has 1 aromatic carbocycles. The quantitative estimate of drug-likeness (QED) is 0.791. The van der Waals surface area contributed by atoms with Crippen LogP contribution >= 0.6 is 0 Å². The Kier molecular flexibility index (Phi) is 3.39. The van der Waals surface area contributed by atoms with Gasteiger partial charge in [0.25, 0.3) is 0 Å². The monoisotopic (exact) mass is 283 g/mol. The maximum atomic E-state index is 4.36. The summed E-state index contributed by atoms with van der Waals surface area (Å²) in [5.74, 6) is 0.986. The van der Waals surface area contributed by atoms with E-state index in [1.54, 1.807) is 17.2 Å². The van der Waals surface area contributed by atoms with Crippen LogP contribution in [0.1, 0.15) is 24.4 Å². The van der Waals surface area contributed by atoms with Gasteiger partial charge in [0, 0.05) is 25.1 Å². The fourth-order valence-corrected chi connectivity index (χ4v) is 2.33. The van der Waals surface area contributed by atoms with Crippen molar-refractivity contribution in [1.29, 1.82) is 0 Å². The number of tetrazole rings is 1. The SMILES string of the molecule is Cc1ccc(NC(C)c2nccn2C)cc1-n1cnnn1. The van der Waals surface area contributed by atoms with E-state index in [4.69, 9.17) is 0 Å². The van der Waals surface area contributed by atoms with Gasteiger partial charge in [0.2, 0.25) is 0 Å². The highest BCUT2D eigenvalue weighted by molar-refractivity contribution is 5.55. The van der Waals surface area contributed by atoms with Crippen LogP contribution in [0.4, 0.5) is 5.69 Å². The Balaban J connectivity index is 1.87. The second kappa shape index (κ2) is 5.35. The molecule has 1 atom stereocenters. The fraction of sp³-hybridized carbons (Fsp3) is 0.286. The fourth-order valence-electron chi connectivity index (χ4n) is 2.33. The van der Waals surface area contributed by atoms with Crippen molar-refractivity contribution in [2.45, 2.75) is 19.9 Å². The Hall–Kier alpha value is -2.70. The normalized spacial score (nSPS) is 12.3. The van der Waals surface area contributed by atoms with Gasteiger partial charge in [-0.1, -0.05) is 6.07 Å². The predicted molar refractivity (Wildman–Crippen MR) is 79.1 cm³/mol. The Bertz CT molecular complexity index is 730. The van der Waals surface area contributed by atoms with E-state index in [9.17, 15) is 0 Å². The molecular formula is C14H17N7. The van der Waals surface area contributed by atoms with E-state index in [0.29, 0.717) is 0 Å². The zero-order valence-electron chi connectivity index (χ0n) is 12.2. The average Bonchev–Trinajstić information content (AvgIpc) is 3.12. The molecule has 21 heavy (non-hydrogen) atoms. The van der Waals surface area contributed by atoms with Crippen LogP contribution in [0.15, 0.2) is 36.9 Å². The van der Waals surface area contributed by atoms with Crippen LogP contribution in [0.2, 0.25) is 0 Å². The summed E-state index contributed by atoms with van der Waals surface area (Å²) < 4.78 is 3.67. The van der Waals surface area contributed by atoms with Crippen molar-refractivity contribution in [3.05, 3.63) is 48.3 Å². The van der Waals surface area contributed by atoms with E-state index in [2.05, 4.69) is 32.7 Å². The first-order valence-electron chi connectivity index (χ1n) is 6.73. The van der Waals surface area contributed by atoms with Crippen molar-refractivity contribution in [1.82, 2.24) is 29.8 Å². The second-order valence-electron chi connectivity index (χ2n) is 5.02. The molecule has 108 valence electrons. The summed E-state index contributed by atoms with van der Waals surface area (Å²) in [5.41, 5.74) is 3.07. The molecule has 0 saturated heterocycles. The topological polar surface area (TPSA) is 73.5 Å². The molecule has 3 rings (SSSR count). The molecule has 0 radical (unpaired) electrons. The van der Waals surface area contributed by atoms with Crippen LogP contribution in [0.5, 0.6) is 0 Å². The van der Waals surface area contributed by atoms with Crippen molar-refractivity contribution >= 4 is 5.69 Å². The molecule has 0 amide bonds. The van der Waals surface area contributed by atoms with Gasteiger partial charge < -0.3 is 9.88 Å². The smallest absolute Gasteiger partial charge is 0.143 e. The van der Waals surface area contributed by atoms with Gasteiger partial charge in [0.15, 0.2) is 0 Å². The summed E-state index contributed by atoms with van der Waals surface area (Å²) in [6.45, 7) is 4.11. The molecule has 2 heterocycles. The van der Waals surface area contributed by atoms with Gasteiger partial charge in [0.05, 0.1) is 11.7 Å². The number of aromatic nitrogens is 6. The van der Waals surface area contributed by atoms with Crippen LogP contribution in [0.25, 0.3) is 5.69 Å². The van der Waals surface area contributed by atoms with E-state index in [1.165, 1.54) is 0 Å². The van der Waals surface area contributed by atoms with Crippen LogP contribution in [0.3, 0.4) is 0 Å². The van der Waals surface area contributed by atoms with Crippen LogP contribution in [0, 0.1) is 6.92 Å². The van der Waals surface area contributed by atoms with E-state index >= 15 is 0 Å². The molecule has 1 unspecified atom stereocenters. The van der Waals surface area contributed by atoms with Crippen molar-refractivity contribution < 1.29 is 0 Å². The molecule has 7 nitrogen and oxygen atoms in total. The summed E-state index contributed by atoms with van der Waals surface area (Å²) in [6.07, 6.45) is 5.33. The van der Waals surface area contributed by atoms with Crippen LogP contribution in [-0.4, -0.2) is 29.8 Å². The Morgan fingerprint density at radius 1 is 1.29 bits per heavy atom. The number of benzene rings is 1. The van der Waals surface area contributed by atoms with Gasteiger partial charge in [-0.25, -0.2) is 9.67 Å². The zero-order valence-corrected chi connectivity index (χ0v) is 12.2. The van der Waals surface area contributed by atoms with Gasteiger partial charge in [-0.05, 0) is 42.0 Å². The number of nitrogens with zero attached hydrogens (tertiary/aromatic N) is 6. The molecule has 0 bridgehead atoms. The molecule has 2 aromatic heterocycles. The number of imidazole rings is 1. The number of hydrogen-bond acceptors (Lipinski definition) is 5. The highest BCUT2D eigenvalue weighted by Crippen LogP contribution is 2.22. The molecule has 3 aromatic rings. The summed E-state index contributed by atoms with van der Waals surface area (Å²) >= 11 is 0. The van der Waals surface area contributed by atoms with E-state index in [1.807, 2.05) is 42.9 Å². The maximum Gasteiger partial charge on any atom is 0.143 e. The average molecular weight is 283 g/mol. The minimum absolute atomic E-state index is 0.106. The van der Waals surface area contributed by atoms with Crippen LogP contribution < -0.4 is 5.32 Å². The Labute approximate surface area is 122 Å². The third-order valence-electron chi connectivity index (χ3n) is 3.43. The lowest BCUT2D eigenvalue weighted by molar-refractivity contribution is 0.721. The zero-order chi connectivity index (χ0) is 14.8. The molecule has 7 heteroatoms. The first kappa shape index (κ1) is 13.3. The first-order chi connectivity index (χ1) is 10.1. The predicted octanol–water partition coefficient (Wildman–Crippen LogP) is 1.88. The number of hydrogen-bond donors (Lipinski definition) is 1. The number of nitrogens with one attached hydrogen (secondary N) is 1. The highest BCUT2D eigenvalue weighted by Gasteiger charge is 2.11. The van der Waals surface area contributed by atoms with Crippen LogP contribution in [-0.2, 0) is 7.05 Å². The van der Waals surface area contributed by atoms with E-state index in [-0.39, 0.29) is 6.04 Å². The van der Waals surface area contributed by atoms with Gasteiger partial charge in [-0.15, -0.1) is 5.10 Å². The Morgan fingerprint density at radius 3 is 2.81 bits per heavy atom. The van der Waals surface area contributed by atoms with Crippen molar-refractivity contribution in [3.63, 3.8) is 0 Å². The summed E-state index contributed by atoms with van der Waals surface area (Å²) in [5, 5.41) is 14.8. The van der Waals surface area contributed by atoms with Gasteiger partial charge in [-0.3, -0.25) is 0 Å². The molecule has 0 aliphatic carbocycles. The number of anilines is 1. The number of aryl methyl sites for hydroxylation is 2. The third kappa shape index (κ3) is 2.62. The molecule has 1 N–H and O–H groups in total. The molecule has 0 aliphatic rings. The van der Waals surface area contributed by atoms with Gasteiger partial charge in [0.1, 0.15) is 12.2 Å². The maximum absolute atomic E-state index is 4.36. The molecule has 0 spiro atoms. The minimum atomic E-state index is 0.106. The summed E-state index contributed by atoms with van der Waals surface area (Å²) in [7, 11) is 1.99. The molecular weight excluding hydrogens is 266 g/mol. The lowest BCUT2D eigenvalue weighted by Gasteiger charge is -2.16. The molecule has 0 aliphatic heterocycles. The molecule has 0 fully saturated rings. The standard InChI is InChI=1S/C14H17N7/c1-10-4-5-12(8-13(10)21-9-16-18-19-21)17-11(2)14-15-6-7-20(14)3/h4-9,11,17H,1-3H3. The largest absolute Gasteiger partial charge is 0.375 e. The summed E-state index contributed by atoms with van der Waals surface area (Å²) in [4.78, 5) is 4.36. The van der Waals surface area contributed by atoms with E-state index in [0.717, 1.165) is 22.8 Å². The summed E-state index contributed by atoms with van der Waals surface area (Å²) in [6, 6.07) is 6.23. The van der Waals surface area contributed by atoms with Gasteiger partial charge >= 0.3 is 0 Å². The lowest BCUT2D eigenvalue weighted by Crippen LogP contribution is -2.12.